The Labute approximate surface area is 104 Å². The van der Waals surface area contributed by atoms with Gasteiger partial charge in [0.25, 0.3) is 10.2 Å². The third kappa shape index (κ3) is 3.40. The van der Waals surface area contributed by atoms with Crippen molar-refractivity contribution >= 4 is 10.2 Å². The average Bonchev–Trinajstić information content (AvgIpc) is 2.33. The van der Waals surface area contributed by atoms with Gasteiger partial charge in [-0.3, -0.25) is 0 Å². The Balaban J connectivity index is 1.95. The van der Waals surface area contributed by atoms with Crippen LogP contribution in [0.3, 0.4) is 0 Å². The molecule has 0 spiro atoms. The van der Waals surface area contributed by atoms with Gasteiger partial charge in [0, 0.05) is 32.2 Å². The maximum atomic E-state index is 12.2. The minimum Gasteiger partial charge on any atom is -0.314 e. The highest BCUT2D eigenvalue weighted by Gasteiger charge is 2.30. The average molecular weight is 261 g/mol. The van der Waals surface area contributed by atoms with Gasteiger partial charge < -0.3 is 5.32 Å². The van der Waals surface area contributed by atoms with E-state index in [1.54, 1.807) is 4.31 Å². The minimum absolute atomic E-state index is 0.128. The molecule has 1 aliphatic heterocycles. The van der Waals surface area contributed by atoms with Gasteiger partial charge in [0.05, 0.1) is 0 Å². The zero-order valence-electron chi connectivity index (χ0n) is 10.5. The van der Waals surface area contributed by atoms with Gasteiger partial charge in [0.2, 0.25) is 0 Å². The summed E-state index contributed by atoms with van der Waals surface area (Å²) in [6, 6.07) is 0.128. The summed E-state index contributed by atoms with van der Waals surface area (Å²) in [4.78, 5) is 0. The van der Waals surface area contributed by atoms with Crippen LogP contribution in [0.4, 0.5) is 0 Å². The molecule has 1 saturated carbocycles. The Morgan fingerprint density at radius 1 is 1.18 bits per heavy atom. The number of rotatable bonds is 3. The molecule has 2 N–H and O–H groups in total. The van der Waals surface area contributed by atoms with Gasteiger partial charge in [-0.2, -0.15) is 17.4 Å². The molecule has 1 heterocycles. The number of piperazine rings is 1. The van der Waals surface area contributed by atoms with Crippen LogP contribution in [0.1, 0.15) is 32.6 Å². The topological polar surface area (TPSA) is 61.4 Å². The molecule has 0 bridgehead atoms. The van der Waals surface area contributed by atoms with Crippen molar-refractivity contribution in [1.29, 1.82) is 0 Å². The molecule has 2 fully saturated rings. The molecule has 0 amide bonds. The molecule has 0 radical (unpaired) electrons. The van der Waals surface area contributed by atoms with Gasteiger partial charge in [-0.05, 0) is 18.8 Å². The molecule has 5 nitrogen and oxygen atoms in total. The normalized spacial score (nSPS) is 32.5. The SMILES string of the molecule is CC1CCCCC1NS(=O)(=O)N1CCNCC1. The van der Waals surface area contributed by atoms with Crippen LogP contribution in [0, 0.1) is 5.92 Å². The first-order chi connectivity index (χ1) is 8.09. The molecule has 1 saturated heterocycles. The molecule has 0 aromatic rings. The molecule has 2 aliphatic rings. The smallest absolute Gasteiger partial charge is 0.279 e. The van der Waals surface area contributed by atoms with Crippen LogP contribution in [-0.2, 0) is 10.2 Å². The Morgan fingerprint density at radius 3 is 2.47 bits per heavy atom. The van der Waals surface area contributed by atoms with Crippen LogP contribution in [-0.4, -0.2) is 44.9 Å². The lowest BCUT2D eigenvalue weighted by Gasteiger charge is -2.33. The van der Waals surface area contributed by atoms with Gasteiger partial charge >= 0.3 is 0 Å². The summed E-state index contributed by atoms with van der Waals surface area (Å²) in [6.45, 7) is 4.80. The van der Waals surface area contributed by atoms with Crippen molar-refractivity contribution in [3.8, 4) is 0 Å². The fraction of sp³-hybridized carbons (Fsp3) is 1.00. The quantitative estimate of drug-likeness (QED) is 0.768. The van der Waals surface area contributed by atoms with E-state index in [0.29, 0.717) is 19.0 Å². The molecule has 6 heteroatoms. The number of nitrogens with zero attached hydrogens (tertiary/aromatic N) is 1. The summed E-state index contributed by atoms with van der Waals surface area (Å²) in [5, 5.41) is 3.17. The Hall–Kier alpha value is -0.170. The van der Waals surface area contributed by atoms with E-state index in [9.17, 15) is 8.42 Å². The summed E-state index contributed by atoms with van der Waals surface area (Å²) in [6.07, 6.45) is 4.48. The van der Waals surface area contributed by atoms with Gasteiger partial charge in [-0.1, -0.05) is 19.8 Å². The van der Waals surface area contributed by atoms with E-state index in [1.807, 2.05) is 0 Å². The van der Waals surface area contributed by atoms with Gasteiger partial charge in [-0.15, -0.1) is 0 Å². The van der Waals surface area contributed by atoms with E-state index in [0.717, 1.165) is 32.4 Å². The lowest BCUT2D eigenvalue weighted by molar-refractivity contribution is 0.295. The third-order valence-electron chi connectivity index (χ3n) is 3.83. The van der Waals surface area contributed by atoms with E-state index >= 15 is 0 Å². The summed E-state index contributed by atoms with van der Waals surface area (Å²) in [7, 11) is -3.27. The summed E-state index contributed by atoms with van der Waals surface area (Å²) in [5.41, 5.74) is 0. The molecule has 17 heavy (non-hydrogen) atoms. The van der Waals surface area contributed by atoms with E-state index < -0.39 is 10.2 Å². The number of hydrogen-bond donors (Lipinski definition) is 2. The van der Waals surface area contributed by atoms with Crippen LogP contribution in [0.5, 0.6) is 0 Å². The zero-order chi connectivity index (χ0) is 12.3. The van der Waals surface area contributed by atoms with Crippen molar-refractivity contribution in [3.05, 3.63) is 0 Å². The van der Waals surface area contributed by atoms with Crippen LogP contribution in [0.25, 0.3) is 0 Å². The van der Waals surface area contributed by atoms with Gasteiger partial charge in [-0.25, -0.2) is 0 Å². The Morgan fingerprint density at radius 2 is 1.82 bits per heavy atom. The van der Waals surface area contributed by atoms with Crippen molar-refractivity contribution in [1.82, 2.24) is 14.3 Å². The first-order valence-electron chi connectivity index (χ1n) is 6.58. The van der Waals surface area contributed by atoms with Crippen LogP contribution in [0.15, 0.2) is 0 Å². The third-order valence-corrected chi connectivity index (χ3v) is 5.47. The first-order valence-corrected chi connectivity index (χ1v) is 8.02. The van der Waals surface area contributed by atoms with Crippen LogP contribution >= 0.6 is 0 Å². The number of hydrogen-bond acceptors (Lipinski definition) is 3. The Bertz CT molecular complexity index is 339. The molecule has 2 rings (SSSR count). The van der Waals surface area contributed by atoms with E-state index in [1.165, 1.54) is 6.42 Å². The highest BCUT2D eigenvalue weighted by molar-refractivity contribution is 7.87. The van der Waals surface area contributed by atoms with E-state index in [2.05, 4.69) is 17.0 Å². The maximum absolute atomic E-state index is 12.2. The largest absolute Gasteiger partial charge is 0.314 e. The monoisotopic (exact) mass is 261 g/mol. The highest BCUT2D eigenvalue weighted by Crippen LogP contribution is 2.24. The molecule has 2 unspecified atom stereocenters. The summed E-state index contributed by atoms with van der Waals surface area (Å²) in [5.74, 6) is 0.460. The second kappa shape index (κ2) is 5.65. The van der Waals surface area contributed by atoms with Gasteiger partial charge in [0.1, 0.15) is 0 Å². The fourth-order valence-corrected chi connectivity index (χ4v) is 4.19. The molecule has 0 aromatic carbocycles. The molecule has 2 atom stereocenters. The van der Waals surface area contributed by atoms with Crippen LogP contribution < -0.4 is 10.0 Å². The second-order valence-electron chi connectivity index (χ2n) is 5.14. The van der Waals surface area contributed by atoms with Crippen LogP contribution in [0.2, 0.25) is 0 Å². The van der Waals surface area contributed by atoms with Crippen molar-refractivity contribution in [2.24, 2.45) is 5.92 Å². The zero-order valence-corrected chi connectivity index (χ0v) is 11.3. The second-order valence-corrected chi connectivity index (χ2v) is 6.84. The highest BCUT2D eigenvalue weighted by atomic mass is 32.2. The number of nitrogens with one attached hydrogen (secondary N) is 2. The van der Waals surface area contributed by atoms with Gasteiger partial charge in [0.15, 0.2) is 0 Å². The minimum atomic E-state index is -3.27. The standard InChI is InChI=1S/C11H23N3O2S/c1-10-4-2-3-5-11(10)13-17(15,16)14-8-6-12-7-9-14/h10-13H,2-9H2,1H3. The molecular weight excluding hydrogens is 238 g/mol. The molecule has 0 aromatic heterocycles. The predicted molar refractivity (Wildman–Crippen MR) is 67.9 cm³/mol. The van der Waals surface area contributed by atoms with E-state index in [4.69, 9.17) is 0 Å². The summed E-state index contributed by atoms with van der Waals surface area (Å²) >= 11 is 0. The lowest BCUT2D eigenvalue weighted by atomic mass is 9.87. The molecular formula is C11H23N3O2S. The lowest BCUT2D eigenvalue weighted by Crippen LogP contribution is -2.53. The first kappa shape index (κ1) is 13.3. The van der Waals surface area contributed by atoms with Crippen molar-refractivity contribution < 1.29 is 8.42 Å². The van der Waals surface area contributed by atoms with Crippen molar-refractivity contribution in [2.75, 3.05) is 26.2 Å². The summed E-state index contributed by atoms with van der Waals surface area (Å²) < 4.78 is 28.8. The maximum Gasteiger partial charge on any atom is 0.279 e. The molecule has 1 aliphatic carbocycles. The van der Waals surface area contributed by atoms with Crippen molar-refractivity contribution in [2.45, 2.75) is 38.6 Å². The molecule has 100 valence electrons. The van der Waals surface area contributed by atoms with Crippen molar-refractivity contribution in [3.63, 3.8) is 0 Å². The fourth-order valence-electron chi connectivity index (χ4n) is 2.64. The Kier molecular flexibility index (Phi) is 4.41. The van der Waals surface area contributed by atoms with E-state index in [-0.39, 0.29) is 6.04 Å². The predicted octanol–water partition coefficient (Wildman–Crippen LogP) is 0.305.